The van der Waals surface area contributed by atoms with Crippen molar-refractivity contribution >= 4 is 17.6 Å². The monoisotopic (exact) mass is 260 g/mol. The number of ether oxygens (including phenoxy) is 2. The summed E-state index contributed by atoms with van der Waals surface area (Å²) in [6.45, 7) is 2.16. The molecule has 1 aromatic rings. The van der Waals surface area contributed by atoms with Gasteiger partial charge in [0.25, 0.3) is 0 Å². The van der Waals surface area contributed by atoms with Crippen molar-refractivity contribution in [1.29, 1.82) is 0 Å². The van der Waals surface area contributed by atoms with Crippen LogP contribution in [0.2, 0.25) is 5.02 Å². The summed E-state index contributed by atoms with van der Waals surface area (Å²) in [7, 11) is 0. The second kappa shape index (κ2) is 7.12. The van der Waals surface area contributed by atoms with Crippen LogP contribution in [0.3, 0.4) is 0 Å². The molecular formula is C12H14ClFO3. The summed E-state index contributed by atoms with van der Waals surface area (Å²) in [4.78, 5) is 11.2. The van der Waals surface area contributed by atoms with Crippen molar-refractivity contribution in [2.75, 3.05) is 13.2 Å². The minimum Gasteiger partial charge on any atom is -0.480 e. The molecule has 0 fully saturated rings. The number of benzene rings is 1. The third-order valence-corrected chi connectivity index (χ3v) is 2.30. The molecular weight excluding hydrogens is 247 g/mol. The maximum absolute atomic E-state index is 12.7. The highest BCUT2D eigenvalue weighted by Gasteiger charge is 2.07. The number of unbranched alkanes of at least 4 members (excludes halogenated alkanes) is 1. The van der Waals surface area contributed by atoms with E-state index in [9.17, 15) is 9.18 Å². The van der Waals surface area contributed by atoms with Crippen LogP contribution in [0.25, 0.3) is 0 Å². The Bertz CT molecular complexity index is 382. The lowest BCUT2D eigenvalue weighted by molar-refractivity contribution is -0.146. The smallest absolute Gasteiger partial charge is 0.344 e. The van der Waals surface area contributed by atoms with Gasteiger partial charge in [-0.05, 0) is 24.6 Å². The van der Waals surface area contributed by atoms with Crippen LogP contribution < -0.4 is 4.74 Å². The number of carbonyl (C=O) groups excluding carboxylic acids is 1. The molecule has 0 aliphatic heterocycles. The fourth-order valence-electron chi connectivity index (χ4n) is 1.10. The number of hydrogen-bond acceptors (Lipinski definition) is 3. The minimum atomic E-state index is -0.459. The molecule has 3 nitrogen and oxygen atoms in total. The number of halogens is 2. The first-order valence-electron chi connectivity index (χ1n) is 5.37. The van der Waals surface area contributed by atoms with Gasteiger partial charge in [0.05, 0.1) is 11.6 Å². The molecule has 0 aliphatic rings. The summed E-state index contributed by atoms with van der Waals surface area (Å²) >= 11 is 5.72. The van der Waals surface area contributed by atoms with Crippen LogP contribution in [0.5, 0.6) is 5.75 Å². The highest BCUT2D eigenvalue weighted by Crippen LogP contribution is 2.24. The molecule has 1 aromatic carbocycles. The largest absolute Gasteiger partial charge is 0.480 e. The van der Waals surface area contributed by atoms with E-state index in [-0.39, 0.29) is 17.4 Å². The fourth-order valence-corrected chi connectivity index (χ4v) is 1.32. The number of carbonyl (C=O) groups is 1. The Labute approximate surface area is 104 Å². The molecule has 0 saturated carbocycles. The molecule has 0 aromatic heterocycles. The van der Waals surface area contributed by atoms with Gasteiger partial charge in [-0.2, -0.15) is 0 Å². The molecule has 0 amide bonds. The van der Waals surface area contributed by atoms with Crippen LogP contribution >= 0.6 is 11.6 Å². The molecule has 0 heterocycles. The van der Waals surface area contributed by atoms with Crippen LogP contribution in [-0.2, 0) is 9.53 Å². The number of hydrogen-bond donors (Lipinski definition) is 0. The van der Waals surface area contributed by atoms with E-state index in [1.807, 2.05) is 6.92 Å². The molecule has 17 heavy (non-hydrogen) atoms. The zero-order chi connectivity index (χ0) is 12.7. The van der Waals surface area contributed by atoms with E-state index in [2.05, 4.69) is 0 Å². The average molecular weight is 261 g/mol. The lowest BCUT2D eigenvalue weighted by atomic mass is 10.3. The third-order valence-electron chi connectivity index (χ3n) is 2.00. The first kappa shape index (κ1) is 13.8. The Hall–Kier alpha value is -1.29. The zero-order valence-electron chi connectivity index (χ0n) is 9.54. The predicted molar refractivity (Wildman–Crippen MR) is 62.8 cm³/mol. The lowest BCUT2D eigenvalue weighted by Crippen LogP contribution is -2.15. The molecule has 0 N–H and O–H groups in total. The summed E-state index contributed by atoms with van der Waals surface area (Å²) in [5, 5.41) is 0.131. The Morgan fingerprint density at radius 1 is 1.47 bits per heavy atom. The molecule has 0 bridgehead atoms. The lowest BCUT2D eigenvalue weighted by Gasteiger charge is -2.07. The standard InChI is InChI=1S/C12H14ClFO3/c1-2-3-6-16-12(15)8-17-11-5-4-9(14)7-10(11)13/h4-5,7H,2-3,6,8H2,1H3. The van der Waals surface area contributed by atoms with Crippen LogP contribution in [-0.4, -0.2) is 19.2 Å². The van der Waals surface area contributed by atoms with E-state index in [1.165, 1.54) is 12.1 Å². The summed E-state index contributed by atoms with van der Waals surface area (Å²) in [5.41, 5.74) is 0. The SMILES string of the molecule is CCCCOC(=O)COc1ccc(F)cc1Cl. The molecule has 0 saturated heterocycles. The van der Waals surface area contributed by atoms with Gasteiger partial charge in [-0.15, -0.1) is 0 Å². The van der Waals surface area contributed by atoms with E-state index in [4.69, 9.17) is 21.1 Å². The molecule has 94 valence electrons. The summed E-state index contributed by atoms with van der Waals surface area (Å²) < 4.78 is 22.7. The first-order valence-corrected chi connectivity index (χ1v) is 5.74. The van der Waals surface area contributed by atoms with Gasteiger partial charge >= 0.3 is 5.97 Å². The highest BCUT2D eigenvalue weighted by molar-refractivity contribution is 6.32. The van der Waals surface area contributed by atoms with Gasteiger partial charge < -0.3 is 9.47 Å². The molecule has 5 heteroatoms. The van der Waals surface area contributed by atoms with Crippen LogP contribution in [0.4, 0.5) is 4.39 Å². The molecule has 0 radical (unpaired) electrons. The van der Waals surface area contributed by atoms with Crippen molar-refractivity contribution < 1.29 is 18.7 Å². The topological polar surface area (TPSA) is 35.5 Å². The molecule has 0 spiro atoms. The highest BCUT2D eigenvalue weighted by atomic mass is 35.5. The normalized spacial score (nSPS) is 10.1. The maximum atomic E-state index is 12.7. The zero-order valence-corrected chi connectivity index (χ0v) is 10.3. The van der Waals surface area contributed by atoms with Crippen molar-refractivity contribution in [1.82, 2.24) is 0 Å². The van der Waals surface area contributed by atoms with E-state index in [0.29, 0.717) is 6.61 Å². The predicted octanol–water partition coefficient (Wildman–Crippen LogP) is 3.20. The minimum absolute atomic E-state index is 0.131. The number of rotatable bonds is 6. The van der Waals surface area contributed by atoms with Gasteiger partial charge in [-0.1, -0.05) is 24.9 Å². The van der Waals surface area contributed by atoms with Crippen LogP contribution in [0, 0.1) is 5.82 Å². The Morgan fingerprint density at radius 3 is 2.88 bits per heavy atom. The van der Waals surface area contributed by atoms with E-state index in [1.54, 1.807) is 0 Å². The average Bonchev–Trinajstić information content (AvgIpc) is 2.28. The van der Waals surface area contributed by atoms with Gasteiger partial charge in [0.15, 0.2) is 6.61 Å². The van der Waals surface area contributed by atoms with E-state index in [0.717, 1.165) is 18.9 Å². The summed E-state index contributed by atoms with van der Waals surface area (Å²) in [5.74, 6) is -0.646. The first-order chi connectivity index (χ1) is 8.13. The van der Waals surface area contributed by atoms with Gasteiger partial charge in [-0.3, -0.25) is 0 Å². The molecule has 1 rings (SSSR count). The van der Waals surface area contributed by atoms with Crippen molar-refractivity contribution in [3.05, 3.63) is 29.0 Å². The van der Waals surface area contributed by atoms with Crippen molar-refractivity contribution in [3.63, 3.8) is 0 Å². The van der Waals surface area contributed by atoms with Crippen molar-refractivity contribution in [2.45, 2.75) is 19.8 Å². The van der Waals surface area contributed by atoms with Gasteiger partial charge in [0, 0.05) is 0 Å². The van der Waals surface area contributed by atoms with Crippen molar-refractivity contribution in [3.8, 4) is 5.75 Å². The number of esters is 1. The molecule has 0 atom stereocenters. The van der Waals surface area contributed by atoms with Crippen LogP contribution in [0.1, 0.15) is 19.8 Å². The van der Waals surface area contributed by atoms with Gasteiger partial charge in [0.1, 0.15) is 11.6 Å². The Kier molecular flexibility index (Phi) is 5.77. The third kappa shape index (κ3) is 5.04. The van der Waals surface area contributed by atoms with Gasteiger partial charge in [-0.25, -0.2) is 9.18 Å². The fraction of sp³-hybridized carbons (Fsp3) is 0.417. The van der Waals surface area contributed by atoms with Gasteiger partial charge in [0.2, 0.25) is 0 Å². The Morgan fingerprint density at radius 2 is 2.24 bits per heavy atom. The summed E-state index contributed by atoms with van der Waals surface area (Å²) in [6.07, 6.45) is 1.78. The quantitative estimate of drug-likeness (QED) is 0.582. The maximum Gasteiger partial charge on any atom is 0.344 e. The second-order valence-electron chi connectivity index (χ2n) is 3.44. The van der Waals surface area contributed by atoms with E-state index < -0.39 is 11.8 Å². The molecule has 0 unspecified atom stereocenters. The second-order valence-corrected chi connectivity index (χ2v) is 3.84. The van der Waals surface area contributed by atoms with Crippen molar-refractivity contribution in [2.24, 2.45) is 0 Å². The van der Waals surface area contributed by atoms with Crippen LogP contribution in [0.15, 0.2) is 18.2 Å². The summed E-state index contributed by atoms with van der Waals surface area (Å²) in [6, 6.07) is 3.71. The molecule has 0 aliphatic carbocycles. The Balaban J connectivity index is 2.37. The van der Waals surface area contributed by atoms with E-state index >= 15 is 0 Å².